The lowest BCUT2D eigenvalue weighted by Crippen LogP contribution is -2.27. The van der Waals surface area contributed by atoms with Gasteiger partial charge < -0.3 is 19.5 Å². The smallest absolute Gasteiger partial charge is 0.412 e. The number of Topliss-reactive ketones (excluding diaryl/α,β-unsaturated/α-hetero) is 1. The number of carbonyl (C=O) groups excluding carboxylic acids is 3. The van der Waals surface area contributed by atoms with Crippen molar-refractivity contribution in [2.24, 2.45) is 0 Å². The van der Waals surface area contributed by atoms with Gasteiger partial charge in [-0.3, -0.25) is 14.9 Å². The Hall–Kier alpha value is -3.62. The van der Waals surface area contributed by atoms with Crippen LogP contribution in [0.3, 0.4) is 0 Å². The van der Waals surface area contributed by atoms with Gasteiger partial charge in [0.05, 0.1) is 11.4 Å². The summed E-state index contributed by atoms with van der Waals surface area (Å²) in [6, 6.07) is 8.40. The van der Waals surface area contributed by atoms with Crippen LogP contribution in [0.4, 0.5) is 20.6 Å². The van der Waals surface area contributed by atoms with Crippen molar-refractivity contribution in [3.8, 4) is 11.5 Å². The molecule has 2 aromatic rings. The molecule has 2 amide bonds. The van der Waals surface area contributed by atoms with Gasteiger partial charge in [-0.25, -0.2) is 9.18 Å². The highest BCUT2D eigenvalue weighted by atomic mass is 19.1. The fraction of sp³-hybridized carbons (Fsp3) is 0.348. The number of nitrogens with one attached hydrogen (secondary N) is 2. The van der Waals surface area contributed by atoms with Crippen LogP contribution in [0.25, 0.3) is 0 Å². The third kappa shape index (κ3) is 6.44. The molecule has 9 heteroatoms. The van der Waals surface area contributed by atoms with Gasteiger partial charge in [-0.05, 0) is 57.2 Å². The Labute approximate surface area is 185 Å². The fourth-order valence-corrected chi connectivity index (χ4v) is 2.94. The summed E-state index contributed by atoms with van der Waals surface area (Å²) in [5, 5.41) is 5.01. The molecule has 32 heavy (non-hydrogen) atoms. The SMILES string of the molecule is CC(C)(C)OC(=O)Nc1ccc(F)cc1NC(=O)CCC(=O)c1ccc2c(c1)OCCO2. The summed E-state index contributed by atoms with van der Waals surface area (Å²) in [5.41, 5.74) is -0.0817. The molecule has 0 unspecified atom stereocenters. The standard InChI is InChI=1S/C23H25FN2O6/c1-23(2,3)32-22(29)26-16-6-5-15(24)13-17(16)25-21(28)9-7-18(27)14-4-8-19-20(12-14)31-11-10-30-19/h4-6,8,12-13H,7,9-11H2,1-3H3,(H,25,28)(H,26,29). The maximum atomic E-state index is 13.7. The Kier molecular flexibility index (Phi) is 6.97. The van der Waals surface area contributed by atoms with E-state index in [1.54, 1.807) is 39.0 Å². The highest BCUT2D eigenvalue weighted by Gasteiger charge is 2.19. The summed E-state index contributed by atoms with van der Waals surface area (Å²) in [7, 11) is 0. The first-order valence-corrected chi connectivity index (χ1v) is 10.1. The molecule has 0 aliphatic carbocycles. The number of carbonyl (C=O) groups is 3. The van der Waals surface area contributed by atoms with E-state index in [4.69, 9.17) is 14.2 Å². The molecule has 0 bridgehead atoms. The molecule has 1 aliphatic heterocycles. The molecule has 0 spiro atoms. The molecule has 2 N–H and O–H groups in total. The van der Waals surface area contributed by atoms with Crippen molar-refractivity contribution in [2.45, 2.75) is 39.2 Å². The Bertz CT molecular complexity index is 1030. The lowest BCUT2D eigenvalue weighted by atomic mass is 10.1. The lowest BCUT2D eigenvalue weighted by molar-refractivity contribution is -0.116. The average molecular weight is 444 g/mol. The molecule has 1 aliphatic rings. The second-order valence-electron chi connectivity index (χ2n) is 8.15. The summed E-state index contributed by atoms with van der Waals surface area (Å²) in [5.74, 6) is -0.287. The third-order valence-corrected chi connectivity index (χ3v) is 4.33. The zero-order valence-corrected chi connectivity index (χ0v) is 18.1. The van der Waals surface area contributed by atoms with Gasteiger partial charge in [-0.2, -0.15) is 0 Å². The maximum absolute atomic E-state index is 13.7. The van der Waals surface area contributed by atoms with Gasteiger partial charge in [-0.15, -0.1) is 0 Å². The Balaban J connectivity index is 1.60. The number of anilines is 2. The second-order valence-corrected chi connectivity index (χ2v) is 8.15. The number of amides is 2. The van der Waals surface area contributed by atoms with Crippen molar-refractivity contribution in [1.29, 1.82) is 0 Å². The molecule has 0 fully saturated rings. The van der Waals surface area contributed by atoms with Crippen LogP contribution in [-0.2, 0) is 9.53 Å². The number of hydrogen-bond acceptors (Lipinski definition) is 6. The highest BCUT2D eigenvalue weighted by molar-refractivity contribution is 6.02. The largest absolute Gasteiger partial charge is 0.486 e. The lowest BCUT2D eigenvalue weighted by Gasteiger charge is -2.20. The average Bonchev–Trinajstić information content (AvgIpc) is 2.72. The van der Waals surface area contributed by atoms with Crippen molar-refractivity contribution < 1.29 is 33.0 Å². The van der Waals surface area contributed by atoms with Crippen molar-refractivity contribution in [2.75, 3.05) is 23.8 Å². The monoisotopic (exact) mass is 444 g/mol. The summed E-state index contributed by atoms with van der Waals surface area (Å²) < 4.78 is 29.8. The summed E-state index contributed by atoms with van der Waals surface area (Å²) >= 11 is 0. The molecule has 0 saturated carbocycles. The number of halogens is 1. The van der Waals surface area contributed by atoms with E-state index in [1.165, 1.54) is 6.07 Å². The molecule has 1 heterocycles. The van der Waals surface area contributed by atoms with Crippen molar-refractivity contribution in [3.63, 3.8) is 0 Å². The molecule has 0 atom stereocenters. The van der Waals surface area contributed by atoms with Gasteiger partial charge >= 0.3 is 6.09 Å². The van der Waals surface area contributed by atoms with Gasteiger partial charge in [0.15, 0.2) is 17.3 Å². The molecule has 170 valence electrons. The Morgan fingerprint density at radius 2 is 1.66 bits per heavy atom. The van der Waals surface area contributed by atoms with Crippen LogP contribution in [0.15, 0.2) is 36.4 Å². The van der Waals surface area contributed by atoms with Gasteiger partial charge in [0.1, 0.15) is 24.6 Å². The Morgan fingerprint density at radius 3 is 2.38 bits per heavy atom. The van der Waals surface area contributed by atoms with E-state index in [-0.39, 0.29) is 30.0 Å². The molecule has 0 radical (unpaired) electrons. The zero-order chi connectivity index (χ0) is 23.3. The number of hydrogen-bond donors (Lipinski definition) is 2. The second kappa shape index (κ2) is 9.67. The van der Waals surface area contributed by atoms with Crippen LogP contribution in [-0.4, -0.2) is 36.6 Å². The van der Waals surface area contributed by atoms with Crippen LogP contribution >= 0.6 is 0 Å². The summed E-state index contributed by atoms with van der Waals surface area (Å²) in [6.45, 7) is 5.97. The van der Waals surface area contributed by atoms with E-state index in [0.717, 1.165) is 12.1 Å². The van der Waals surface area contributed by atoms with E-state index in [2.05, 4.69) is 10.6 Å². The van der Waals surface area contributed by atoms with Crippen LogP contribution in [0.1, 0.15) is 44.0 Å². The quantitative estimate of drug-likeness (QED) is 0.634. The van der Waals surface area contributed by atoms with Crippen molar-refractivity contribution >= 4 is 29.2 Å². The maximum Gasteiger partial charge on any atom is 0.412 e. The highest BCUT2D eigenvalue weighted by Crippen LogP contribution is 2.31. The fourth-order valence-electron chi connectivity index (χ4n) is 2.94. The number of benzene rings is 2. The van der Waals surface area contributed by atoms with Crippen LogP contribution in [0.2, 0.25) is 0 Å². The van der Waals surface area contributed by atoms with E-state index >= 15 is 0 Å². The zero-order valence-electron chi connectivity index (χ0n) is 18.1. The summed E-state index contributed by atoms with van der Waals surface area (Å²) in [6.07, 6.45) is -0.931. The van der Waals surface area contributed by atoms with Gasteiger partial charge in [-0.1, -0.05) is 0 Å². The topological polar surface area (TPSA) is 103 Å². The van der Waals surface area contributed by atoms with Crippen LogP contribution < -0.4 is 20.1 Å². The van der Waals surface area contributed by atoms with Crippen molar-refractivity contribution in [3.05, 3.63) is 47.8 Å². The molecular formula is C23H25FN2O6. The normalized spacial score (nSPS) is 12.6. The minimum atomic E-state index is -0.742. The molecule has 3 rings (SSSR count). The van der Waals surface area contributed by atoms with Gasteiger partial charge in [0.25, 0.3) is 0 Å². The molecule has 2 aromatic carbocycles. The van der Waals surface area contributed by atoms with E-state index in [0.29, 0.717) is 30.3 Å². The van der Waals surface area contributed by atoms with Gasteiger partial charge in [0, 0.05) is 18.4 Å². The summed E-state index contributed by atoms with van der Waals surface area (Å²) in [4.78, 5) is 36.9. The number of ether oxygens (including phenoxy) is 3. The van der Waals surface area contributed by atoms with Crippen LogP contribution in [0, 0.1) is 5.82 Å². The predicted octanol–water partition coefficient (Wildman–Crippen LogP) is 4.55. The third-order valence-electron chi connectivity index (χ3n) is 4.33. The van der Waals surface area contributed by atoms with Crippen molar-refractivity contribution in [1.82, 2.24) is 0 Å². The Morgan fingerprint density at radius 1 is 0.938 bits per heavy atom. The predicted molar refractivity (Wildman–Crippen MR) is 116 cm³/mol. The first kappa shape index (κ1) is 23.1. The number of ketones is 1. The number of fused-ring (bicyclic) bond motifs is 1. The van der Waals surface area contributed by atoms with Crippen LogP contribution in [0.5, 0.6) is 11.5 Å². The molecule has 8 nitrogen and oxygen atoms in total. The first-order valence-electron chi connectivity index (χ1n) is 10.1. The van der Waals surface area contributed by atoms with E-state index in [9.17, 15) is 18.8 Å². The van der Waals surface area contributed by atoms with E-state index < -0.39 is 23.4 Å². The molecule has 0 aromatic heterocycles. The number of rotatable bonds is 6. The molecule has 0 saturated heterocycles. The minimum absolute atomic E-state index is 0.0599. The van der Waals surface area contributed by atoms with E-state index in [1.807, 2.05) is 0 Å². The van der Waals surface area contributed by atoms with Gasteiger partial charge in [0.2, 0.25) is 5.91 Å². The molecular weight excluding hydrogens is 419 g/mol. The first-order chi connectivity index (χ1) is 15.1. The minimum Gasteiger partial charge on any atom is -0.486 e.